The molecule has 0 spiro atoms. The summed E-state index contributed by atoms with van der Waals surface area (Å²) in [4.78, 5) is 25.6. The minimum absolute atomic E-state index is 0.0610. The molecule has 3 amide bonds. The zero-order valence-electron chi connectivity index (χ0n) is 14.4. The number of hydrogen-bond acceptors (Lipinski definition) is 3. The highest BCUT2D eigenvalue weighted by atomic mass is 79.9. The molecule has 3 rings (SSSR count). The monoisotopic (exact) mass is 435 g/mol. The van der Waals surface area contributed by atoms with Gasteiger partial charge >= 0.3 is 6.03 Å². The predicted octanol–water partition coefficient (Wildman–Crippen LogP) is 2.57. The summed E-state index contributed by atoms with van der Waals surface area (Å²) in [5.41, 5.74) is 6.36. The first kappa shape index (κ1) is 19.3. The number of ether oxygens (including phenoxy) is 1. The van der Waals surface area contributed by atoms with Crippen molar-refractivity contribution in [2.75, 3.05) is 19.7 Å². The van der Waals surface area contributed by atoms with Gasteiger partial charge in [0.15, 0.2) is 6.10 Å². The Kier molecular flexibility index (Phi) is 6.08. The van der Waals surface area contributed by atoms with Crippen LogP contribution in [0.5, 0.6) is 0 Å². The molecular weight excluding hydrogens is 417 g/mol. The third-order valence-electron chi connectivity index (χ3n) is 4.35. The Morgan fingerprint density at radius 3 is 2.67 bits per heavy atom. The van der Waals surface area contributed by atoms with Gasteiger partial charge in [-0.3, -0.25) is 4.79 Å². The van der Waals surface area contributed by atoms with Crippen molar-refractivity contribution in [1.82, 2.24) is 10.2 Å². The van der Waals surface area contributed by atoms with Crippen molar-refractivity contribution in [3.05, 3.63) is 69.9 Å². The highest BCUT2D eigenvalue weighted by molar-refractivity contribution is 9.10. The number of primary amides is 1. The van der Waals surface area contributed by atoms with Crippen molar-refractivity contribution >= 4 is 27.9 Å². The molecule has 3 N–H and O–H groups in total. The van der Waals surface area contributed by atoms with Crippen molar-refractivity contribution in [3.63, 3.8) is 0 Å². The lowest BCUT2D eigenvalue weighted by atomic mass is 9.98. The average Bonchev–Trinajstić information content (AvgIpc) is 2.67. The van der Waals surface area contributed by atoms with Gasteiger partial charge in [0.05, 0.1) is 19.2 Å². The quantitative estimate of drug-likeness (QED) is 0.773. The zero-order chi connectivity index (χ0) is 19.4. The fourth-order valence-corrected chi connectivity index (χ4v) is 3.28. The molecule has 1 aliphatic rings. The van der Waals surface area contributed by atoms with Gasteiger partial charge in [-0.25, -0.2) is 9.18 Å². The number of amides is 3. The van der Waals surface area contributed by atoms with Gasteiger partial charge in [-0.05, 0) is 17.7 Å². The Balaban J connectivity index is 1.85. The van der Waals surface area contributed by atoms with E-state index < -0.39 is 29.9 Å². The molecule has 8 heteroatoms. The first-order valence-corrected chi connectivity index (χ1v) is 9.21. The molecule has 2 atom stereocenters. The largest absolute Gasteiger partial charge is 0.367 e. The Hall–Kier alpha value is -2.45. The maximum Gasteiger partial charge on any atom is 0.318 e. The number of rotatable bonds is 4. The number of carbonyl (C=O) groups is 2. The summed E-state index contributed by atoms with van der Waals surface area (Å²) in [7, 11) is 0. The van der Waals surface area contributed by atoms with E-state index in [-0.39, 0.29) is 13.2 Å². The SMILES string of the molecule is NC(=O)[C@@H]1CN(C(=O)N[C@H](c2ccccc2)c2ccc(Br)cc2F)CCO1. The molecule has 1 saturated heterocycles. The lowest BCUT2D eigenvalue weighted by Gasteiger charge is -2.33. The molecule has 0 aliphatic carbocycles. The van der Waals surface area contributed by atoms with Gasteiger partial charge in [-0.2, -0.15) is 0 Å². The number of nitrogens with zero attached hydrogens (tertiary/aromatic N) is 1. The van der Waals surface area contributed by atoms with Crippen LogP contribution >= 0.6 is 15.9 Å². The summed E-state index contributed by atoms with van der Waals surface area (Å²) in [5, 5.41) is 2.86. The zero-order valence-corrected chi connectivity index (χ0v) is 16.0. The second-order valence-corrected chi connectivity index (χ2v) is 7.08. The number of nitrogens with one attached hydrogen (secondary N) is 1. The Morgan fingerprint density at radius 1 is 1.26 bits per heavy atom. The molecule has 1 aliphatic heterocycles. The van der Waals surface area contributed by atoms with Crippen LogP contribution in [0.4, 0.5) is 9.18 Å². The van der Waals surface area contributed by atoms with Gasteiger partial charge in [0.2, 0.25) is 5.91 Å². The van der Waals surface area contributed by atoms with Crippen LogP contribution in [0.15, 0.2) is 53.0 Å². The Bertz CT molecular complexity index is 834. The lowest BCUT2D eigenvalue weighted by molar-refractivity contribution is -0.133. The Labute approximate surface area is 164 Å². The van der Waals surface area contributed by atoms with Crippen LogP contribution in [0.2, 0.25) is 0 Å². The minimum atomic E-state index is -0.843. The maximum atomic E-state index is 14.6. The third-order valence-corrected chi connectivity index (χ3v) is 4.84. The van der Waals surface area contributed by atoms with Crippen LogP contribution in [0.3, 0.4) is 0 Å². The van der Waals surface area contributed by atoms with Crippen LogP contribution < -0.4 is 11.1 Å². The van der Waals surface area contributed by atoms with E-state index in [1.165, 1.54) is 11.0 Å². The first-order valence-electron chi connectivity index (χ1n) is 8.42. The van der Waals surface area contributed by atoms with Crippen molar-refractivity contribution in [2.45, 2.75) is 12.1 Å². The number of urea groups is 1. The lowest BCUT2D eigenvalue weighted by Crippen LogP contribution is -2.53. The topological polar surface area (TPSA) is 84.7 Å². The summed E-state index contributed by atoms with van der Waals surface area (Å²) < 4.78 is 20.4. The normalized spacial score (nSPS) is 18.0. The number of hydrogen-bond donors (Lipinski definition) is 2. The second kappa shape index (κ2) is 8.49. The standard InChI is InChI=1S/C19H19BrFN3O3/c20-13-6-7-14(15(21)10-13)17(12-4-2-1-3-5-12)23-19(26)24-8-9-27-16(11-24)18(22)25/h1-7,10,16-17H,8-9,11H2,(H2,22,25)(H,23,26)/t16-,17+/m0/s1. The predicted molar refractivity (Wildman–Crippen MR) is 101 cm³/mol. The van der Waals surface area contributed by atoms with E-state index in [0.29, 0.717) is 16.6 Å². The molecule has 0 aromatic heterocycles. The van der Waals surface area contributed by atoms with E-state index in [4.69, 9.17) is 10.5 Å². The van der Waals surface area contributed by atoms with Crippen LogP contribution in [0, 0.1) is 5.82 Å². The van der Waals surface area contributed by atoms with E-state index in [1.807, 2.05) is 30.3 Å². The van der Waals surface area contributed by atoms with E-state index in [2.05, 4.69) is 21.2 Å². The van der Waals surface area contributed by atoms with E-state index in [0.717, 1.165) is 5.56 Å². The fourth-order valence-electron chi connectivity index (χ4n) is 2.94. The molecule has 142 valence electrons. The summed E-state index contributed by atoms with van der Waals surface area (Å²) in [6.45, 7) is 0.592. The van der Waals surface area contributed by atoms with Gasteiger partial charge in [0.1, 0.15) is 5.82 Å². The fraction of sp³-hybridized carbons (Fsp3) is 0.263. The number of nitrogens with two attached hydrogens (primary N) is 1. The number of halogens is 2. The first-order chi connectivity index (χ1) is 13.0. The van der Waals surface area contributed by atoms with E-state index in [1.54, 1.807) is 12.1 Å². The highest BCUT2D eigenvalue weighted by Crippen LogP contribution is 2.27. The van der Waals surface area contributed by atoms with Gasteiger partial charge in [-0.1, -0.05) is 52.3 Å². The smallest absolute Gasteiger partial charge is 0.318 e. The molecule has 2 aromatic carbocycles. The van der Waals surface area contributed by atoms with E-state index >= 15 is 0 Å². The van der Waals surface area contributed by atoms with Gasteiger partial charge in [0, 0.05) is 16.6 Å². The van der Waals surface area contributed by atoms with Crippen LogP contribution in [0.25, 0.3) is 0 Å². The van der Waals surface area contributed by atoms with Crippen LogP contribution in [-0.2, 0) is 9.53 Å². The van der Waals surface area contributed by atoms with Gasteiger partial charge < -0.3 is 20.7 Å². The van der Waals surface area contributed by atoms with E-state index in [9.17, 15) is 14.0 Å². The molecule has 1 fully saturated rings. The molecule has 0 bridgehead atoms. The third kappa shape index (κ3) is 4.64. The van der Waals surface area contributed by atoms with Gasteiger partial charge in [0.25, 0.3) is 0 Å². The average molecular weight is 436 g/mol. The van der Waals surface area contributed by atoms with Crippen molar-refractivity contribution < 1.29 is 18.7 Å². The number of morpholine rings is 1. The van der Waals surface area contributed by atoms with Gasteiger partial charge in [-0.15, -0.1) is 0 Å². The van der Waals surface area contributed by atoms with Crippen molar-refractivity contribution in [2.24, 2.45) is 5.73 Å². The maximum absolute atomic E-state index is 14.6. The minimum Gasteiger partial charge on any atom is -0.367 e. The van der Waals surface area contributed by atoms with Crippen LogP contribution in [-0.4, -0.2) is 42.6 Å². The van der Waals surface area contributed by atoms with Crippen molar-refractivity contribution in [1.29, 1.82) is 0 Å². The summed E-state index contributed by atoms with van der Waals surface area (Å²) in [6, 6.07) is 12.7. The van der Waals surface area contributed by atoms with Crippen molar-refractivity contribution in [3.8, 4) is 0 Å². The summed E-state index contributed by atoms with van der Waals surface area (Å²) >= 11 is 3.24. The molecule has 1 heterocycles. The number of benzene rings is 2. The van der Waals surface area contributed by atoms with Crippen LogP contribution in [0.1, 0.15) is 17.2 Å². The molecular formula is C19H19BrFN3O3. The molecule has 27 heavy (non-hydrogen) atoms. The molecule has 0 unspecified atom stereocenters. The summed E-state index contributed by atoms with van der Waals surface area (Å²) in [6.07, 6.45) is -0.843. The molecule has 2 aromatic rings. The number of carbonyl (C=O) groups excluding carboxylic acids is 2. The molecule has 6 nitrogen and oxygen atoms in total. The second-order valence-electron chi connectivity index (χ2n) is 6.17. The summed E-state index contributed by atoms with van der Waals surface area (Å²) in [5.74, 6) is -1.05. The highest BCUT2D eigenvalue weighted by Gasteiger charge is 2.30. The molecule has 0 radical (unpaired) electrons. The molecule has 0 saturated carbocycles. The Morgan fingerprint density at radius 2 is 2.00 bits per heavy atom.